The number of hydrogen-bond acceptors (Lipinski definition) is 3. The van der Waals surface area contributed by atoms with Crippen LogP contribution in [0.3, 0.4) is 0 Å². The van der Waals surface area contributed by atoms with Crippen molar-refractivity contribution >= 4 is 11.7 Å². The van der Waals surface area contributed by atoms with E-state index in [9.17, 15) is 4.79 Å². The van der Waals surface area contributed by atoms with E-state index in [-0.39, 0.29) is 0 Å². The molecule has 0 heterocycles. The van der Waals surface area contributed by atoms with Gasteiger partial charge in [-0.1, -0.05) is 13.8 Å². The molecule has 0 saturated carbocycles. The zero-order valence-corrected chi connectivity index (χ0v) is 11.4. The van der Waals surface area contributed by atoms with E-state index in [0.717, 1.165) is 37.4 Å². The molecule has 1 aromatic carbocycles. The summed E-state index contributed by atoms with van der Waals surface area (Å²) in [5.74, 6) is -0.873. The smallest absolute Gasteiger partial charge is 0.335 e. The van der Waals surface area contributed by atoms with E-state index < -0.39 is 5.97 Å². The maximum atomic E-state index is 10.9. The van der Waals surface area contributed by atoms with Gasteiger partial charge in [-0.25, -0.2) is 4.79 Å². The third-order valence-corrected chi connectivity index (χ3v) is 3.11. The Labute approximate surface area is 109 Å². The molecule has 2 N–H and O–H groups in total. The van der Waals surface area contributed by atoms with Gasteiger partial charge in [0, 0.05) is 18.8 Å². The number of aromatic carboxylic acids is 1. The summed E-state index contributed by atoms with van der Waals surface area (Å²) in [6.45, 7) is 10.1. The van der Waals surface area contributed by atoms with Crippen LogP contribution in [0.2, 0.25) is 0 Å². The van der Waals surface area contributed by atoms with Gasteiger partial charge < -0.3 is 15.3 Å². The van der Waals surface area contributed by atoms with E-state index >= 15 is 0 Å². The molecule has 4 heteroatoms. The lowest BCUT2D eigenvalue weighted by molar-refractivity contribution is 0.0696. The number of carboxylic acid groups (broad SMARTS) is 1. The molecule has 0 fully saturated rings. The van der Waals surface area contributed by atoms with E-state index in [1.54, 1.807) is 6.07 Å². The molecule has 0 aliphatic heterocycles. The average molecular weight is 250 g/mol. The first-order chi connectivity index (χ1) is 8.58. The van der Waals surface area contributed by atoms with Crippen LogP contribution in [0.25, 0.3) is 0 Å². The first-order valence-corrected chi connectivity index (χ1v) is 6.38. The van der Waals surface area contributed by atoms with Crippen molar-refractivity contribution in [2.24, 2.45) is 0 Å². The van der Waals surface area contributed by atoms with Gasteiger partial charge in [-0.3, -0.25) is 0 Å². The Kier molecular flexibility index (Phi) is 5.65. The number of rotatable bonds is 7. The van der Waals surface area contributed by atoms with Crippen molar-refractivity contribution in [1.82, 2.24) is 4.90 Å². The molecule has 1 aromatic rings. The van der Waals surface area contributed by atoms with Crippen LogP contribution in [0.4, 0.5) is 5.69 Å². The summed E-state index contributed by atoms with van der Waals surface area (Å²) in [5.41, 5.74) is 2.13. The summed E-state index contributed by atoms with van der Waals surface area (Å²) < 4.78 is 0. The number of nitrogens with one attached hydrogen (secondary N) is 1. The van der Waals surface area contributed by atoms with Crippen LogP contribution in [0, 0.1) is 6.92 Å². The highest BCUT2D eigenvalue weighted by Gasteiger charge is 2.06. The molecule has 0 saturated heterocycles. The maximum absolute atomic E-state index is 10.9. The second-order valence-corrected chi connectivity index (χ2v) is 4.29. The fourth-order valence-corrected chi connectivity index (χ4v) is 1.91. The van der Waals surface area contributed by atoms with Gasteiger partial charge in [0.05, 0.1) is 5.56 Å². The highest BCUT2D eigenvalue weighted by atomic mass is 16.4. The Balaban J connectivity index is 2.53. The minimum Gasteiger partial charge on any atom is -0.478 e. The van der Waals surface area contributed by atoms with Crippen molar-refractivity contribution in [3.8, 4) is 0 Å². The minimum atomic E-state index is -0.873. The number of hydrogen-bond donors (Lipinski definition) is 2. The van der Waals surface area contributed by atoms with Crippen molar-refractivity contribution < 1.29 is 9.90 Å². The average Bonchev–Trinajstić information content (AvgIpc) is 2.34. The van der Waals surface area contributed by atoms with Crippen LogP contribution in [0.5, 0.6) is 0 Å². The van der Waals surface area contributed by atoms with E-state index in [1.807, 2.05) is 19.1 Å². The van der Waals surface area contributed by atoms with Crippen LogP contribution < -0.4 is 5.32 Å². The molecule has 0 bridgehead atoms. The first kappa shape index (κ1) is 14.5. The quantitative estimate of drug-likeness (QED) is 0.780. The summed E-state index contributed by atoms with van der Waals surface area (Å²) >= 11 is 0. The Morgan fingerprint density at radius 1 is 1.33 bits per heavy atom. The SMILES string of the molecule is CCN(CC)CCNc1ccc(C(=O)O)c(C)c1. The van der Waals surface area contributed by atoms with Gasteiger partial charge >= 0.3 is 5.97 Å². The normalized spacial score (nSPS) is 10.7. The van der Waals surface area contributed by atoms with Crippen LogP contribution in [0.15, 0.2) is 18.2 Å². The van der Waals surface area contributed by atoms with E-state index in [4.69, 9.17) is 5.11 Å². The largest absolute Gasteiger partial charge is 0.478 e. The number of anilines is 1. The highest BCUT2D eigenvalue weighted by molar-refractivity contribution is 5.89. The van der Waals surface area contributed by atoms with E-state index in [0.29, 0.717) is 5.56 Å². The molecule has 100 valence electrons. The van der Waals surface area contributed by atoms with Gasteiger partial charge in [0.25, 0.3) is 0 Å². The lowest BCUT2D eigenvalue weighted by Crippen LogP contribution is -2.28. The molecular weight excluding hydrogens is 228 g/mol. The Morgan fingerprint density at radius 2 is 2.00 bits per heavy atom. The molecule has 1 rings (SSSR count). The Hall–Kier alpha value is -1.55. The molecule has 0 amide bonds. The second-order valence-electron chi connectivity index (χ2n) is 4.29. The fourth-order valence-electron chi connectivity index (χ4n) is 1.91. The third-order valence-electron chi connectivity index (χ3n) is 3.11. The minimum absolute atomic E-state index is 0.365. The third kappa shape index (κ3) is 4.04. The van der Waals surface area contributed by atoms with Gasteiger partial charge in [0.1, 0.15) is 0 Å². The van der Waals surface area contributed by atoms with E-state index in [2.05, 4.69) is 24.1 Å². The monoisotopic (exact) mass is 250 g/mol. The number of aryl methyl sites for hydroxylation is 1. The van der Waals surface area contributed by atoms with Gasteiger partial charge in [0.15, 0.2) is 0 Å². The van der Waals surface area contributed by atoms with Gasteiger partial charge in [0.2, 0.25) is 0 Å². The number of carbonyl (C=O) groups is 1. The van der Waals surface area contributed by atoms with Crippen molar-refractivity contribution in [2.45, 2.75) is 20.8 Å². The van der Waals surface area contributed by atoms with Crippen molar-refractivity contribution in [2.75, 3.05) is 31.5 Å². The summed E-state index contributed by atoms with van der Waals surface area (Å²) in [6, 6.07) is 5.35. The zero-order chi connectivity index (χ0) is 13.5. The predicted molar refractivity (Wildman–Crippen MR) is 74.4 cm³/mol. The standard InChI is InChI=1S/C14H22N2O2/c1-4-16(5-2)9-8-15-12-6-7-13(14(17)18)11(3)10-12/h6-7,10,15H,4-5,8-9H2,1-3H3,(H,17,18). The molecule has 4 nitrogen and oxygen atoms in total. The van der Waals surface area contributed by atoms with Crippen molar-refractivity contribution in [3.63, 3.8) is 0 Å². The molecule has 0 aromatic heterocycles. The number of carboxylic acids is 1. The number of likely N-dealkylation sites (N-methyl/N-ethyl adjacent to an activating group) is 1. The maximum Gasteiger partial charge on any atom is 0.335 e. The molecular formula is C14H22N2O2. The summed E-state index contributed by atoms with van der Waals surface area (Å²) in [6.07, 6.45) is 0. The van der Waals surface area contributed by atoms with Crippen LogP contribution in [-0.4, -0.2) is 42.2 Å². The summed E-state index contributed by atoms with van der Waals surface area (Å²) in [4.78, 5) is 13.2. The lowest BCUT2D eigenvalue weighted by atomic mass is 10.1. The fraction of sp³-hybridized carbons (Fsp3) is 0.500. The number of benzene rings is 1. The summed E-state index contributed by atoms with van der Waals surface area (Å²) in [5, 5.41) is 12.3. The Bertz CT molecular complexity index is 401. The molecule has 0 spiro atoms. The van der Waals surface area contributed by atoms with Crippen molar-refractivity contribution in [3.05, 3.63) is 29.3 Å². The molecule has 0 unspecified atom stereocenters. The molecule has 0 aliphatic carbocycles. The second kappa shape index (κ2) is 7.01. The van der Waals surface area contributed by atoms with Crippen molar-refractivity contribution in [1.29, 1.82) is 0 Å². The van der Waals surface area contributed by atoms with Gasteiger partial charge in [-0.2, -0.15) is 0 Å². The van der Waals surface area contributed by atoms with Gasteiger partial charge in [-0.15, -0.1) is 0 Å². The van der Waals surface area contributed by atoms with Gasteiger partial charge in [-0.05, 0) is 43.8 Å². The molecule has 0 atom stereocenters. The van der Waals surface area contributed by atoms with Crippen LogP contribution in [0.1, 0.15) is 29.8 Å². The van der Waals surface area contributed by atoms with Crippen LogP contribution >= 0.6 is 0 Å². The molecule has 18 heavy (non-hydrogen) atoms. The predicted octanol–water partition coefficient (Wildman–Crippen LogP) is 2.45. The van der Waals surface area contributed by atoms with Crippen LogP contribution in [-0.2, 0) is 0 Å². The highest BCUT2D eigenvalue weighted by Crippen LogP contribution is 2.14. The topological polar surface area (TPSA) is 52.6 Å². The summed E-state index contributed by atoms with van der Waals surface area (Å²) in [7, 11) is 0. The van der Waals surface area contributed by atoms with E-state index in [1.165, 1.54) is 0 Å². The zero-order valence-electron chi connectivity index (χ0n) is 11.4. The first-order valence-electron chi connectivity index (χ1n) is 6.38. The Morgan fingerprint density at radius 3 is 2.50 bits per heavy atom. The molecule has 0 aliphatic rings. The molecule has 0 radical (unpaired) electrons. The lowest BCUT2D eigenvalue weighted by Gasteiger charge is -2.18. The number of nitrogens with zero attached hydrogens (tertiary/aromatic N) is 1.